The molecular weight excluding hydrogens is 299 g/mol. The Morgan fingerprint density at radius 3 is 3.17 bits per heavy atom. The lowest BCUT2D eigenvalue weighted by molar-refractivity contribution is -0.106. The predicted octanol–water partition coefficient (Wildman–Crippen LogP) is 0.792. The van der Waals surface area contributed by atoms with Crippen LogP contribution in [0.4, 0.5) is 4.79 Å². The Kier molecular flexibility index (Phi) is 4.47. The van der Waals surface area contributed by atoms with E-state index in [2.05, 4.69) is 21.2 Å². The molecule has 2 radical (unpaired) electrons. The van der Waals surface area contributed by atoms with Crippen molar-refractivity contribution in [3.63, 3.8) is 0 Å². The van der Waals surface area contributed by atoms with Crippen LogP contribution in [0.1, 0.15) is 5.76 Å². The summed E-state index contributed by atoms with van der Waals surface area (Å²) >= 11 is 0. The summed E-state index contributed by atoms with van der Waals surface area (Å²) in [5.41, 5.74) is 0.836. The Morgan fingerprint density at radius 2 is 2.48 bits per heavy atom. The number of hydrogen-bond donors (Lipinski definition) is 0. The molecule has 1 fully saturated rings. The van der Waals surface area contributed by atoms with Crippen molar-refractivity contribution in [2.45, 2.75) is 12.1 Å². The minimum Gasteiger partial charge on any atom is -0.560 e. The molecular formula is C14H15BN4O4. The number of oxazole rings is 1. The summed E-state index contributed by atoms with van der Waals surface area (Å²) in [5, 5.41) is 1.35. The van der Waals surface area contributed by atoms with Crippen LogP contribution in [0, 0.1) is 0 Å². The van der Waals surface area contributed by atoms with Gasteiger partial charge in [0.2, 0.25) is 0 Å². The standard InChI is InChI=1S/C14H15BN4O4/c1-2-3-23-19-12-7-18(14(19)20)10(5-16-9-22-15)4-11(12)13-6-17-8-21-13/h2,4,6,8-10,12H,1,3,5,7H2/t10-,12-/m0/s1. The average molecular weight is 314 g/mol. The van der Waals surface area contributed by atoms with Gasteiger partial charge in [-0.15, -0.1) is 6.58 Å². The molecule has 0 unspecified atom stereocenters. The predicted molar refractivity (Wildman–Crippen MR) is 82.3 cm³/mol. The molecule has 9 heteroatoms. The summed E-state index contributed by atoms with van der Waals surface area (Å²) in [6.07, 6.45) is 7.62. The second-order valence-corrected chi connectivity index (χ2v) is 5.02. The van der Waals surface area contributed by atoms with E-state index in [1.807, 2.05) is 6.08 Å². The van der Waals surface area contributed by atoms with Crippen LogP contribution in [0.25, 0.3) is 5.57 Å². The molecule has 0 spiro atoms. The Balaban J connectivity index is 1.90. The van der Waals surface area contributed by atoms with Crippen LogP contribution in [0.3, 0.4) is 0 Å². The van der Waals surface area contributed by atoms with Crippen molar-refractivity contribution in [2.24, 2.45) is 4.99 Å². The second kappa shape index (κ2) is 6.70. The zero-order valence-electron chi connectivity index (χ0n) is 12.4. The highest BCUT2D eigenvalue weighted by molar-refractivity contribution is 6.02. The zero-order chi connectivity index (χ0) is 16.2. The Morgan fingerprint density at radius 1 is 1.61 bits per heavy atom. The lowest BCUT2D eigenvalue weighted by atomic mass is 9.98. The van der Waals surface area contributed by atoms with Crippen LogP contribution in [0.5, 0.6) is 0 Å². The molecule has 2 aliphatic heterocycles. The van der Waals surface area contributed by atoms with Gasteiger partial charge in [-0.05, 0) is 0 Å². The van der Waals surface area contributed by atoms with E-state index in [0.29, 0.717) is 18.8 Å². The fraction of sp³-hybridized carbons (Fsp3) is 0.357. The van der Waals surface area contributed by atoms with Gasteiger partial charge in [0.05, 0.1) is 31.9 Å². The summed E-state index contributed by atoms with van der Waals surface area (Å²) in [6.45, 7) is 4.64. The van der Waals surface area contributed by atoms with Crippen LogP contribution < -0.4 is 0 Å². The maximum Gasteiger partial charge on any atom is 0.375 e. The first-order valence-corrected chi connectivity index (χ1v) is 7.04. The molecule has 2 amide bonds. The monoisotopic (exact) mass is 314 g/mol. The zero-order valence-corrected chi connectivity index (χ0v) is 12.4. The molecule has 2 atom stereocenters. The van der Waals surface area contributed by atoms with Gasteiger partial charge in [0.1, 0.15) is 12.4 Å². The van der Waals surface area contributed by atoms with Crippen molar-refractivity contribution >= 4 is 26.1 Å². The number of fused-ring (bicyclic) bond motifs is 2. The van der Waals surface area contributed by atoms with Gasteiger partial charge < -0.3 is 14.0 Å². The topological polar surface area (TPSA) is 80.4 Å². The third-order valence-electron chi connectivity index (χ3n) is 3.69. The van der Waals surface area contributed by atoms with Gasteiger partial charge in [0, 0.05) is 5.57 Å². The van der Waals surface area contributed by atoms with E-state index >= 15 is 0 Å². The Hall–Kier alpha value is -2.55. The number of aliphatic imine (C=N–C) groups is 1. The fourth-order valence-electron chi connectivity index (χ4n) is 2.74. The van der Waals surface area contributed by atoms with Crippen LogP contribution >= 0.6 is 0 Å². The van der Waals surface area contributed by atoms with E-state index < -0.39 is 0 Å². The van der Waals surface area contributed by atoms with Crippen molar-refractivity contribution in [3.8, 4) is 0 Å². The van der Waals surface area contributed by atoms with E-state index in [1.54, 1.807) is 17.2 Å². The van der Waals surface area contributed by atoms with Crippen molar-refractivity contribution in [1.82, 2.24) is 14.9 Å². The minimum atomic E-state index is -0.263. The first-order chi connectivity index (χ1) is 11.3. The van der Waals surface area contributed by atoms with Gasteiger partial charge in [-0.2, -0.15) is 5.06 Å². The third-order valence-corrected chi connectivity index (χ3v) is 3.69. The summed E-state index contributed by atoms with van der Waals surface area (Å²) in [4.78, 5) is 27.7. The lowest BCUT2D eigenvalue weighted by Crippen LogP contribution is -2.40. The minimum absolute atomic E-state index is 0.225. The average Bonchev–Trinajstić information content (AvgIpc) is 3.17. The summed E-state index contributed by atoms with van der Waals surface area (Å²) in [5.74, 6) is 0.598. The first kappa shape index (κ1) is 15.4. The Bertz CT molecular complexity index is 631. The number of hydrogen-bond acceptors (Lipinski definition) is 6. The normalized spacial score (nSPS) is 23.5. The lowest BCUT2D eigenvalue weighted by Gasteiger charge is -2.27. The molecule has 118 valence electrons. The highest BCUT2D eigenvalue weighted by Crippen LogP contribution is 2.35. The van der Waals surface area contributed by atoms with E-state index in [1.165, 1.54) is 11.5 Å². The second-order valence-electron chi connectivity index (χ2n) is 5.02. The van der Waals surface area contributed by atoms with Gasteiger partial charge in [-0.1, -0.05) is 12.2 Å². The molecule has 2 aliphatic rings. The first-order valence-electron chi connectivity index (χ1n) is 7.04. The van der Waals surface area contributed by atoms with Gasteiger partial charge in [0.25, 0.3) is 0 Å². The van der Waals surface area contributed by atoms with Crippen LogP contribution in [0.15, 0.2) is 40.7 Å². The molecule has 8 nitrogen and oxygen atoms in total. The molecule has 0 N–H and O–H groups in total. The van der Waals surface area contributed by atoms with Crippen LogP contribution in [-0.4, -0.2) is 67.2 Å². The highest BCUT2D eigenvalue weighted by atomic mass is 16.7. The summed E-state index contributed by atoms with van der Waals surface area (Å²) < 4.78 is 9.71. The van der Waals surface area contributed by atoms with Crippen LogP contribution in [0.2, 0.25) is 0 Å². The summed E-state index contributed by atoms with van der Waals surface area (Å²) in [6, 6.07) is -0.736. The van der Waals surface area contributed by atoms with Crippen molar-refractivity contribution in [3.05, 3.63) is 37.1 Å². The number of carbonyl (C=O) groups excluding carboxylic acids is 1. The van der Waals surface area contributed by atoms with E-state index in [9.17, 15) is 4.79 Å². The molecule has 1 saturated heterocycles. The third kappa shape index (κ3) is 2.87. The van der Waals surface area contributed by atoms with Crippen molar-refractivity contribution < 1.29 is 18.7 Å². The largest absolute Gasteiger partial charge is 0.560 e. The number of amides is 2. The van der Waals surface area contributed by atoms with E-state index in [-0.39, 0.29) is 24.7 Å². The number of hydroxylamine groups is 2. The maximum absolute atomic E-state index is 12.6. The number of urea groups is 1. The van der Waals surface area contributed by atoms with Gasteiger partial charge >= 0.3 is 14.1 Å². The molecule has 1 aromatic heterocycles. The molecule has 0 aliphatic carbocycles. The van der Waals surface area contributed by atoms with Crippen molar-refractivity contribution in [1.29, 1.82) is 0 Å². The number of carbonyl (C=O) groups is 1. The molecule has 0 saturated carbocycles. The number of rotatable bonds is 7. The maximum atomic E-state index is 12.6. The van der Waals surface area contributed by atoms with E-state index in [0.717, 1.165) is 12.0 Å². The smallest absolute Gasteiger partial charge is 0.375 e. The quantitative estimate of drug-likeness (QED) is 0.322. The number of nitrogens with zero attached hydrogens (tertiary/aromatic N) is 4. The fourth-order valence-corrected chi connectivity index (χ4v) is 2.74. The van der Waals surface area contributed by atoms with E-state index in [4.69, 9.17) is 17.3 Å². The van der Waals surface area contributed by atoms with Gasteiger partial charge in [-0.25, -0.2) is 9.78 Å². The molecule has 3 rings (SSSR count). The van der Waals surface area contributed by atoms with Crippen molar-refractivity contribution in [2.75, 3.05) is 19.7 Å². The molecule has 1 aromatic rings. The number of aromatic nitrogens is 1. The van der Waals surface area contributed by atoms with Crippen LogP contribution in [-0.2, 0) is 9.49 Å². The van der Waals surface area contributed by atoms with Gasteiger partial charge in [-0.3, -0.25) is 9.83 Å². The molecule has 23 heavy (non-hydrogen) atoms. The summed E-state index contributed by atoms with van der Waals surface area (Å²) in [7, 11) is 4.92. The highest BCUT2D eigenvalue weighted by Gasteiger charge is 2.47. The molecule has 2 bridgehead atoms. The van der Waals surface area contributed by atoms with Gasteiger partial charge in [0.15, 0.2) is 12.2 Å². The molecule has 0 aromatic carbocycles. The SMILES string of the molecule is [B]OC=NC[C@@H]1C=C(c2cnco2)[C@@H]2CN1C(=O)N2OCC=C. The Labute approximate surface area is 134 Å². The molecule has 3 heterocycles.